The minimum atomic E-state index is -0.632. The summed E-state index contributed by atoms with van der Waals surface area (Å²) in [7, 11) is 1.57. The Kier molecular flexibility index (Phi) is 5.92. The van der Waals surface area contributed by atoms with Crippen molar-refractivity contribution in [2.75, 3.05) is 38.6 Å². The van der Waals surface area contributed by atoms with Crippen LogP contribution in [0.25, 0.3) is 0 Å². The van der Waals surface area contributed by atoms with Crippen molar-refractivity contribution in [3.63, 3.8) is 0 Å². The molecule has 0 radical (unpaired) electrons. The Bertz CT molecular complexity index is 1050. The molecule has 33 heavy (non-hydrogen) atoms. The van der Waals surface area contributed by atoms with E-state index in [2.05, 4.69) is 5.32 Å². The van der Waals surface area contributed by atoms with Crippen molar-refractivity contribution >= 4 is 35.3 Å². The van der Waals surface area contributed by atoms with Crippen molar-refractivity contribution in [1.82, 2.24) is 14.7 Å². The van der Waals surface area contributed by atoms with Crippen molar-refractivity contribution in [3.05, 3.63) is 48.4 Å². The summed E-state index contributed by atoms with van der Waals surface area (Å²) in [5, 5.41) is 3.04. The molecule has 1 N–H and O–H groups in total. The van der Waals surface area contributed by atoms with E-state index < -0.39 is 12.1 Å². The summed E-state index contributed by atoms with van der Waals surface area (Å²) in [5.41, 5.74) is 0.615. The van der Waals surface area contributed by atoms with E-state index in [0.717, 1.165) is 5.76 Å². The number of methoxy groups -OCH3 is 1. The van der Waals surface area contributed by atoms with Crippen LogP contribution in [-0.2, 0) is 15.3 Å². The Morgan fingerprint density at radius 3 is 2.76 bits per heavy atom. The molecule has 3 atom stereocenters. The van der Waals surface area contributed by atoms with Gasteiger partial charge in [-0.3, -0.25) is 9.59 Å². The second-order valence-electron chi connectivity index (χ2n) is 8.41. The molecule has 3 fully saturated rings. The van der Waals surface area contributed by atoms with Crippen LogP contribution in [-0.4, -0.2) is 83.2 Å². The topological polar surface area (TPSA) is 95.3 Å². The fourth-order valence-corrected chi connectivity index (χ4v) is 5.87. The maximum atomic E-state index is 13.3. The molecule has 10 heteroatoms. The van der Waals surface area contributed by atoms with Gasteiger partial charge in [-0.05, 0) is 30.7 Å². The lowest BCUT2D eigenvalue weighted by atomic mass is 10.0. The van der Waals surface area contributed by atoms with Crippen molar-refractivity contribution in [3.8, 4) is 5.75 Å². The first-order valence-corrected chi connectivity index (χ1v) is 12.0. The van der Waals surface area contributed by atoms with Gasteiger partial charge in [-0.2, -0.15) is 0 Å². The van der Waals surface area contributed by atoms with Gasteiger partial charge in [0.1, 0.15) is 23.6 Å². The first kappa shape index (κ1) is 21.7. The molecule has 1 aromatic heterocycles. The van der Waals surface area contributed by atoms with Crippen LogP contribution in [0.1, 0.15) is 12.2 Å². The van der Waals surface area contributed by atoms with Crippen LogP contribution in [0.3, 0.4) is 0 Å². The molecule has 0 unspecified atom stereocenters. The van der Waals surface area contributed by atoms with Crippen LogP contribution < -0.4 is 10.1 Å². The lowest BCUT2D eigenvalue weighted by Gasteiger charge is -2.47. The number of nitrogens with one attached hydrogen (secondary N) is 1. The summed E-state index contributed by atoms with van der Waals surface area (Å²) in [6, 6.07) is 9.56. The van der Waals surface area contributed by atoms with Gasteiger partial charge in [-0.15, -0.1) is 11.8 Å². The summed E-state index contributed by atoms with van der Waals surface area (Å²) in [5.74, 6) is 2.17. The lowest BCUT2D eigenvalue weighted by molar-refractivity contribution is -0.162. The molecule has 4 amide bonds. The summed E-state index contributed by atoms with van der Waals surface area (Å²) in [4.78, 5) is 44.3. The van der Waals surface area contributed by atoms with Crippen LogP contribution in [0, 0.1) is 0 Å². The minimum absolute atomic E-state index is 0.00597. The first-order chi connectivity index (χ1) is 16.0. The Labute approximate surface area is 196 Å². The monoisotopic (exact) mass is 470 g/mol. The van der Waals surface area contributed by atoms with Crippen molar-refractivity contribution < 1.29 is 23.5 Å². The Hall–Kier alpha value is -3.14. The number of hydrogen-bond acceptors (Lipinski definition) is 6. The number of nitrogens with zero attached hydrogens (tertiary/aromatic N) is 3. The van der Waals surface area contributed by atoms with Crippen molar-refractivity contribution in [2.24, 2.45) is 0 Å². The number of amides is 4. The van der Waals surface area contributed by atoms with Crippen LogP contribution in [0.2, 0.25) is 0 Å². The molecular formula is C23H26N4O5S. The van der Waals surface area contributed by atoms with Crippen LogP contribution in [0.5, 0.6) is 5.75 Å². The maximum Gasteiger partial charge on any atom is 0.321 e. The lowest BCUT2D eigenvalue weighted by Crippen LogP contribution is -2.69. The number of rotatable bonds is 5. The predicted octanol–water partition coefficient (Wildman–Crippen LogP) is 2.25. The van der Waals surface area contributed by atoms with Gasteiger partial charge in [0.25, 0.3) is 0 Å². The molecule has 0 saturated carbocycles. The van der Waals surface area contributed by atoms with Gasteiger partial charge >= 0.3 is 6.03 Å². The van der Waals surface area contributed by atoms with Crippen molar-refractivity contribution in [2.45, 2.75) is 29.5 Å². The Balaban J connectivity index is 1.23. The fraction of sp³-hybridized carbons (Fsp3) is 0.435. The zero-order chi connectivity index (χ0) is 22.9. The molecule has 174 valence electrons. The number of anilines is 1. The number of piperazine rings is 2. The van der Waals surface area contributed by atoms with Crippen molar-refractivity contribution in [1.29, 1.82) is 0 Å². The molecule has 1 aromatic carbocycles. The van der Waals surface area contributed by atoms with Crippen LogP contribution in [0.4, 0.5) is 10.5 Å². The molecule has 0 spiro atoms. The normalized spacial score (nSPS) is 24.5. The Morgan fingerprint density at radius 1 is 1.12 bits per heavy atom. The SMILES string of the molecule is COc1cccc(NC(=O)N2CCN3C(=O)[C@@H]4C[C@H](SCc5ccco5)CN4C(=O)[C@@H]3C2)c1. The number of hydrogen-bond donors (Lipinski definition) is 1. The zero-order valence-corrected chi connectivity index (χ0v) is 19.1. The third-order valence-corrected chi connectivity index (χ3v) is 7.69. The number of thioether (sulfide) groups is 1. The number of benzene rings is 1. The van der Waals surface area contributed by atoms with Gasteiger partial charge in [-0.25, -0.2) is 4.79 Å². The molecule has 3 aliphatic rings. The summed E-state index contributed by atoms with van der Waals surface area (Å²) < 4.78 is 10.6. The zero-order valence-electron chi connectivity index (χ0n) is 18.3. The number of carbonyl (C=O) groups excluding carboxylic acids is 3. The first-order valence-electron chi connectivity index (χ1n) is 11.0. The second kappa shape index (κ2) is 9.01. The average Bonchev–Trinajstić information content (AvgIpc) is 3.51. The molecule has 2 aromatic rings. The molecular weight excluding hydrogens is 444 g/mol. The third-order valence-electron chi connectivity index (χ3n) is 6.43. The van der Waals surface area contributed by atoms with Gasteiger partial charge < -0.3 is 29.2 Å². The van der Waals surface area contributed by atoms with E-state index in [1.807, 2.05) is 12.1 Å². The van der Waals surface area contributed by atoms with Gasteiger partial charge in [0, 0.05) is 36.6 Å². The summed E-state index contributed by atoms with van der Waals surface area (Å²) >= 11 is 1.71. The van der Waals surface area contributed by atoms with E-state index >= 15 is 0 Å². The molecule has 4 heterocycles. The van der Waals surface area contributed by atoms with E-state index in [9.17, 15) is 14.4 Å². The highest BCUT2D eigenvalue weighted by molar-refractivity contribution is 7.99. The number of ether oxygens (including phenoxy) is 1. The van der Waals surface area contributed by atoms with Gasteiger partial charge in [-0.1, -0.05) is 6.07 Å². The van der Waals surface area contributed by atoms with Crippen LogP contribution in [0.15, 0.2) is 47.1 Å². The van der Waals surface area contributed by atoms with E-state index in [0.29, 0.717) is 43.2 Å². The van der Waals surface area contributed by atoms with E-state index in [1.54, 1.807) is 64.1 Å². The quantitative estimate of drug-likeness (QED) is 0.720. The molecule has 0 aliphatic carbocycles. The highest BCUT2D eigenvalue weighted by Gasteiger charge is 2.52. The van der Waals surface area contributed by atoms with E-state index in [-0.39, 0.29) is 29.6 Å². The van der Waals surface area contributed by atoms with Crippen LogP contribution >= 0.6 is 11.8 Å². The summed E-state index contributed by atoms with van der Waals surface area (Å²) in [6.45, 7) is 1.47. The standard InChI is InChI=1S/C23H26N4O5S/c1-31-16-5-2-4-15(10-16)24-23(30)25-7-8-26-20(13-25)22(29)27-12-18(11-19(27)21(26)28)33-14-17-6-3-9-32-17/h2-6,9-10,18-20H,7-8,11-14H2,1H3,(H,24,30)/t18-,19-,20-/m0/s1. The molecule has 0 bridgehead atoms. The fourth-order valence-electron chi connectivity index (χ4n) is 4.72. The molecule has 3 saturated heterocycles. The van der Waals surface area contributed by atoms with E-state index in [4.69, 9.17) is 9.15 Å². The molecule has 3 aliphatic heterocycles. The third kappa shape index (κ3) is 4.27. The number of fused-ring (bicyclic) bond motifs is 2. The minimum Gasteiger partial charge on any atom is -0.497 e. The molecule has 5 rings (SSSR count). The summed E-state index contributed by atoms with van der Waals surface area (Å²) in [6.07, 6.45) is 2.30. The number of urea groups is 1. The van der Waals surface area contributed by atoms with Gasteiger partial charge in [0.05, 0.1) is 25.7 Å². The van der Waals surface area contributed by atoms with Gasteiger partial charge in [0.2, 0.25) is 11.8 Å². The number of furan rings is 1. The van der Waals surface area contributed by atoms with Gasteiger partial charge in [0.15, 0.2) is 0 Å². The second-order valence-corrected chi connectivity index (χ2v) is 9.70. The Morgan fingerprint density at radius 2 is 1.97 bits per heavy atom. The van der Waals surface area contributed by atoms with E-state index in [1.165, 1.54) is 0 Å². The number of carbonyl (C=O) groups is 3. The highest BCUT2D eigenvalue weighted by Crippen LogP contribution is 2.35. The maximum absolute atomic E-state index is 13.3. The predicted molar refractivity (Wildman–Crippen MR) is 123 cm³/mol. The highest BCUT2D eigenvalue weighted by atomic mass is 32.2. The smallest absolute Gasteiger partial charge is 0.321 e. The largest absolute Gasteiger partial charge is 0.497 e. The molecule has 9 nitrogen and oxygen atoms in total. The average molecular weight is 471 g/mol.